The van der Waals surface area contributed by atoms with Crippen molar-refractivity contribution in [3.63, 3.8) is 0 Å². The second-order valence-electron chi connectivity index (χ2n) is 6.78. The lowest BCUT2D eigenvalue weighted by Gasteiger charge is -2.54. The lowest BCUT2D eigenvalue weighted by Crippen LogP contribution is -2.50. The van der Waals surface area contributed by atoms with Crippen LogP contribution < -0.4 is 5.32 Å². The number of hydrogen-bond acceptors (Lipinski definition) is 1. The Morgan fingerprint density at radius 2 is 1.50 bits per heavy atom. The first kappa shape index (κ1) is 11.1. The molecule has 4 aliphatic rings. The summed E-state index contributed by atoms with van der Waals surface area (Å²) < 4.78 is 0. The van der Waals surface area contributed by atoms with Crippen LogP contribution in [-0.4, -0.2) is 13.1 Å². The van der Waals surface area contributed by atoms with E-state index in [9.17, 15) is 0 Å². The molecule has 2 aromatic carbocycles. The smallest absolute Gasteiger partial charge is 0.0224 e. The molecule has 0 radical (unpaired) electrons. The average Bonchev–Trinajstić information content (AvgIpc) is 2.99. The molecule has 20 heavy (non-hydrogen) atoms. The van der Waals surface area contributed by atoms with Gasteiger partial charge in [-0.2, -0.15) is 0 Å². The second kappa shape index (κ2) is 3.53. The maximum Gasteiger partial charge on any atom is 0.0224 e. The Morgan fingerprint density at radius 1 is 0.900 bits per heavy atom. The number of rotatable bonds is 0. The van der Waals surface area contributed by atoms with Crippen LogP contribution in [0.3, 0.4) is 0 Å². The summed E-state index contributed by atoms with van der Waals surface area (Å²) in [6, 6.07) is 18.3. The molecule has 1 aliphatic heterocycles. The summed E-state index contributed by atoms with van der Waals surface area (Å²) in [4.78, 5) is 0. The minimum absolute atomic E-state index is 0.191. The van der Waals surface area contributed by atoms with Gasteiger partial charge in [0.1, 0.15) is 0 Å². The molecule has 0 aromatic heterocycles. The fourth-order valence-electron chi connectivity index (χ4n) is 5.34. The van der Waals surface area contributed by atoms with Gasteiger partial charge in [0.15, 0.2) is 0 Å². The molecule has 2 bridgehead atoms. The van der Waals surface area contributed by atoms with Gasteiger partial charge in [0.05, 0.1) is 0 Å². The number of nitrogens with one attached hydrogen (secondary N) is 1. The lowest BCUT2D eigenvalue weighted by atomic mass is 9.48. The quantitative estimate of drug-likeness (QED) is 0.767. The summed E-state index contributed by atoms with van der Waals surface area (Å²) in [6.07, 6.45) is 0. The average molecular weight is 261 g/mol. The zero-order valence-electron chi connectivity index (χ0n) is 11.8. The highest BCUT2D eigenvalue weighted by atomic mass is 14.9. The van der Waals surface area contributed by atoms with E-state index < -0.39 is 0 Å². The maximum atomic E-state index is 3.66. The highest BCUT2D eigenvalue weighted by Gasteiger charge is 2.57. The van der Waals surface area contributed by atoms with E-state index in [0.717, 1.165) is 11.8 Å². The molecule has 1 fully saturated rings. The van der Waals surface area contributed by atoms with Crippen molar-refractivity contribution >= 4 is 0 Å². The van der Waals surface area contributed by atoms with Gasteiger partial charge in [-0.15, -0.1) is 0 Å². The lowest BCUT2D eigenvalue weighted by molar-refractivity contribution is 0.217. The monoisotopic (exact) mass is 261 g/mol. The molecule has 2 atom stereocenters. The van der Waals surface area contributed by atoms with E-state index >= 15 is 0 Å². The van der Waals surface area contributed by atoms with E-state index in [1.807, 2.05) is 0 Å². The molecule has 100 valence electrons. The SMILES string of the molecule is CC12c3ccccc3C(c3ccccc31)[C@@H]1CNC[C@@H]12. The van der Waals surface area contributed by atoms with Crippen LogP contribution in [0.15, 0.2) is 48.5 Å². The van der Waals surface area contributed by atoms with Gasteiger partial charge in [0.25, 0.3) is 0 Å². The van der Waals surface area contributed by atoms with Gasteiger partial charge in [-0.3, -0.25) is 0 Å². The summed E-state index contributed by atoms with van der Waals surface area (Å²) in [5, 5.41) is 3.66. The zero-order chi connectivity index (χ0) is 13.3. The van der Waals surface area contributed by atoms with Crippen LogP contribution in [0.1, 0.15) is 35.1 Å². The van der Waals surface area contributed by atoms with Gasteiger partial charge < -0.3 is 5.32 Å². The molecule has 2 aromatic rings. The molecule has 1 N–H and O–H groups in total. The van der Waals surface area contributed by atoms with Crippen LogP contribution in [0.25, 0.3) is 0 Å². The van der Waals surface area contributed by atoms with Crippen molar-refractivity contribution in [1.29, 1.82) is 0 Å². The van der Waals surface area contributed by atoms with E-state index in [2.05, 4.69) is 60.8 Å². The Hall–Kier alpha value is -1.60. The molecule has 0 spiro atoms. The normalized spacial score (nSPS) is 36.4. The topological polar surface area (TPSA) is 12.0 Å². The highest BCUT2D eigenvalue weighted by Crippen LogP contribution is 2.61. The van der Waals surface area contributed by atoms with Gasteiger partial charge in [-0.25, -0.2) is 0 Å². The van der Waals surface area contributed by atoms with E-state index in [4.69, 9.17) is 0 Å². The van der Waals surface area contributed by atoms with E-state index in [1.165, 1.54) is 13.1 Å². The fraction of sp³-hybridized carbons (Fsp3) is 0.368. The summed E-state index contributed by atoms with van der Waals surface area (Å²) in [5.41, 5.74) is 6.51. The van der Waals surface area contributed by atoms with Gasteiger partial charge in [-0.1, -0.05) is 55.5 Å². The van der Waals surface area contributed by atoms with Gasteiger partial charge in [-0.05, 0) is 47.2 Å². The fourth-order valence-corrected chi connectivity index (χ4v) is 5.34. The third kappa shape index (κ3) is 1.07. The van der Waals surface area contributed by atoms with Gasteiger partial charge in [0.2, 0.25) is 0 Å². The zero-order valence-corrected chi connectivity index (χ0v) is 11.8. The molecule has 3 aliphatic carbocycles. The standard InChI is InChI=1S/C19H19N/c1-19-15-8-4-2-6-12(15)18(14-10-20-11-17(14)19)13-7-3-5-9-16(13)19/h2-9,14,17-18,20H,10-11H2,1H3/t14-,17+,18?,19?/m1/s1. The Balaban J connectivity index is 1.91. The Kier molecular flexibility index (Phi) is 1.96. The molecular formula is C19H19N. The Labute approximate surface area is 120 Å². The van der Waals surface area contributed by atoms with Crippen LogP contribution in [0.2, 0.25) is 0 Å². The van der Waals surface area contributed by atoms with Gasteiger partial charge >= 0.3 is 0 Å². The Morgan fingerprint density at radius 3 is 2.15 bits per heavy atom. The van der Waals surface area contributed by atoms with Crippen LogP contribution >= 0.6 is 0 Å². The van der Waals surface area contributed by atoms with E-state index in [1.54, 1.807) is 22.3 Å². The summed E-state index contributed by atoms with van der Waals surface area (Å²) in [5.74, 6) is 2.12. The molecule has 1 heterocycles. The van der Waals surface area contributed by atoms with E-state index in [0.29, 0.717) is 5.92 Å². The van der Waals surface area contributed by atoms with Crippen LogP contribution in [0.5, 0.6) is 0 Å². The van der Waals surface area contributed by atoms with Crippen LogP contribution in [0, 0.1) is 11.8 Å². The molecule has 6 rings (SSSR count). The first-order valence-electron chi connectivity index (χ1n) is 7.71. The highest BCUT2D eigenvalue weighted by molar-refractivity contribution is 5.60. The van der Waals surface area contributed by atoms with Crippen LogP contribution in [-0.2, 0) is 5.41 Å². The van der Waals surface area contributed by atoms with Crippen molar-refractivity contribution in [2.75, 3.05) is 13.1 Å². The molecule has 0 saturated carbocycles. The van der Waals surface area contributed by atoms with Crippen molar-refractivity contribution in [2.24, 2.45) is 11.8 Å². The van der Waals surface area contributed by atoms with Crippen molar-refractivity contribution in [3.05, 3.63) is 70.8 Å². The largest absolute Gasteiger partial charge is 0.316 e. The summed E-state index contributed by atoms with van der Waals surface area (Å²) in [6.45, 7) is 4.82. The molecule has 0 unspecified atom stereocenters. The first-order valence-corrected chi connectivity index (χ1v) is 7.71. The van der Waals surface area contributed by atoms with Crippen molar-refractivity contribution in [1.82, 2.24) is 5.32 Å². The van der Waals surface area contributed by atoms with Gasteiger partial charge in [0, 0.05) is 11.3 Å². The molecule has 1 saturated heterocycles. The summed E-state index contributed by atoms with van der Waals surface area (Å²) in [7, 11) is 0. The second-order valence-corrected chi connectivity index (χ2v) is 6.78. The maximum absolute atomic E-state index is 3.66. The Bertz CT molecular complexity index is 655. The predicted molar refractivity (Wildman–Crippen MR) is 81.0 cm³/mol. The minimum Gasteiger partial charge on any atom is -0.316 e. The predicted octanol–water partition coefficient (Wildman–Crippen LogP) is 3.29. The molecule has 0 amide bonds. The first-order chi connectivity index (χ1) is 9.82. The van der Waals surface area contributed by atoms with Crippen LogP contribution in [0.4, 0.5) is 0 Å². The number of hydrogen-bond donors (Lipinski definition) is 1. The van der Waals surface area contributed by atoms with E-state index in [-0.39, 0.29) is 5.41 Å². The molecule has 1 heteroatoms. The van der Waals surface area contributed by atoms with Crippen molar-refractivity contribution < 1.29 is 0 Å². The molecule has 1 nitrogen and oxygen atoms in total. The third-order valence-corrected chi connectivity index (χ3v) is 6.14. The summed E-state index contributed by atoms with van der Waals surface area (Å²) >= 11 is 0. The molecular weight excluding hydrogens is 242 g/mol. The van der Waals surface area contributed by atoms with Crippen molar-refractivity contribution in [3.8, 4) is 0 Å². The number of benzene rings is 2. The third-order valence-electron chi connectivity index (χ3n) is 6.14. The van der Waals surface area contributed by atoms with Crippen molar-refractivity contribution in [2.45, 2.75) is 18.3 Å². The minimum atomic E-state index is 0.191.